The monoisotopic (exact) mass is 775 g/mol. The number of hydrogen-bond donors (Lipinski definition) is 0. The molecule has 0 atom stereocenters. The molecule has 0 aliphatic rings. The summed E-state index contributed by atoms with van der Waals surface area (Å²) in [4.78, 5) is 0. The van der Waals surface area contributed by atoms with Crippen molar-refractivity contribution in [3.8, 4) is 0 Å². The molecular weight excluding hydrogens is 733 g/mol. The van der Waals surface area contributed by atoms with E-state index in [-0.39, 0.29) is 15.1 Å². The van der Waals surface area contributed by atoms with Gasteiger partial charge in [-0.1, -0.05) is 109 Å². The molecule has 45 heavy (non-hydrogen) atoms. The van der Waals surface area contributed by atoms with E-state index in [2.05, 4.69) is 202 Å². The Labute approximate surface area is 290 Å². The molecule has 0 radical (unpaired) electrons. The Morgan fingerprint density at radius 2 is 0.400 bits per heavy atom. The van der Waals surface area contributed by atoms with Crippen LogP contribution in [-0.4, -0.2) is 20.0 Å². The molecule has 232 valence electrons. The summed E-state index contributed by atoms with van der Waals surface area (Å²) in [5.41, 5.74) is 0. The topological polar surface area (TPSA) is 0 Å². The first kappa shape index (κ1) is 37.3. The van der Waals surface area contributed by atoms with Crippen LogP contribution in [0.2, 0.25) is 0 Å². The van der Waals surface area contributed by atoms with Crippen LogP contribution in [0.3, 0.4) is 0 Å². The number of benzene rings is 6. The summed E-state index contributed by atoms with van der Waals surface area (Å²) in [6.07, 6.45) is 0. The van der Waals surface area contributed by atoms with E-state index in [4.69, 9.17) is 19.4 Å². The van der Waals surface area contributed by atoms with Gasteiger partial charge in [0.15, 0.2) is 0 Å². The maximum absolute atomic E-state index is 4.85. The summed E-state index contributed by atoms with van der Waals surface area (Å²) in [6, 6.07) is 64.5. The van der Waals surface area contributed by atoms with Crippen molar-refractivity contribution in [1.82, 2.24) is 0 Å². The molecule has 0 bridgehead atoms. The van der Waals surface area contributed by atoms with E-state index < -0.39 is 23.8 Å². The molecule has 6 aromatic rings. The number of halogens is 2. The Kier molecular flexibility index (Phi) is 18.5. The van der Waals surface area contributed by atoms with Gasteiger partial charge >= 0.3 is 34.5 Å². The number of hydrogen-bond acceptors (Lipinski definition) is 0. The standard InChI is InChI=1S/3C13H13P.2ClH.Ru/c3*1-14(12-8-4-2-5-9-12)13-10-6-3-7-11-13;;;/h3*2-11H,1H3;2*1H;/q;;;;;+2/p+1. The average molecular weight is 776 g/mol. The van der Waals surface area contributed by atoms with E-state index in [1.54, 1.807) is 0 Å². The number of rotatable bonds is 6. The van der Waals surface area contributed by atoms with Crippen LogP contribution in [0, 0.1) is 0 Å². The van der Waals surface area contributed by atoms with Crippen LogP contribution < -0.4 is 31.8 Å². The molecule has 0 unspecified atom stereocenters. The molecule has 0 spiro atoms. The van der Waals surface area contributed by atoms with Crippen molar-refractivity contribution in [2.24, 2.45) is 0 Å². The molecule has 0 saturated carbocycles. The van der Waals surface area contributed by atoms with Crippen molar-refractivity contribution in [1.29, 1.82) is 0 Å². The zero-order chi connectivity index (χ0) is 32.1. The Morgan fingerprint density at radius 3 is 0.511 bits per heavy atom. The fourth-order valence-electron chi connectivity index (χ4n) is 4.63. The van der Waals surface area contributed by atoms with Crippen LogP contribution in [0.4, 0.5) is 0 Å². The molecule has 0 fully saturated rings. The Bertz CT molecular complexity index is 1250. The first-order valence-corrected chi connectivity index (χ1v) is 25.2. The van der Waals surface area contributed by atoms with Crippen LogP contribution in [0.25, 0.3) is 0 Å². The van der Waals surface area contributed by atoms with Crippen LogP contribution >= 0.6 is 43.1 Å². The van der Waals surface area contributed by atoms with E-state index in [0.29, 0.717) is 0 Å². The maximum atomic E-state index is 4.85. The normalized spacial score (nSPS) is 10.2. The van der Waals surface area contributed by atoms with Gasteiger partial charge in [-0.25, -0.2) is 0 Å². The molecule has 6 aromatic carbocycles. The van der Waals surface area contributed by atoms with E-state index >= 15 is 0 Å². The van der Waals surface area contributed by atoms with Gasteiger partial charge in [0.25, 0.3) is 0 Å². The van der Waals surface area contributed by atoms with Crippen LogP contribution in [0.5, 0.6) is 0 Å². The quantitative estimate of drug-likeness (QED) is 0.117. The molecule has 0 heterocycles. The second kappa shape index (κ2) is 22.4. The summed E-state index contributed by atoms with van der Waals surface area (Å²) in [5.74, 6) is 0. The third-order valence-electron chi connectivity index (χ3n) is 7.24. The summed E-state index contributed by atoms with van der Waals surface area (Å²) in [7, 11) is 8.07. The summed E-state index contributed by atoms with van der Waals surface area (Å²) in [5, 5.41) is 8.85. The van der Waals surface area contributed by atoms with Gasteiger partial charge in [-0.2, -0.15) is 0 Å². The van der Waals surface area contributed by atoms with Crippen molar-refractivity contribution >= 4 is 75.0 Å². The van der Waals surface area contributed by atoms with Gasteiger partial charge in [0.1, 0.15) is 0 Å². The first-order valence-electron chi connectivity index (χ1n) is 14.7. The predicted octanol–water partition coefficient (Wildman–Crippen LogP) is 8.82. The van der Waals surface area contributed by atoms with Gasteiger partial charge in [0.05, 0.1) is 75.6 Å². The molecule has 0 nitrogen and oxygen atoms in total. The van der Waals surface area contributed by atoms with Crippen molar-refractivity contribution < 1.29 is 15.1 Å². The zero-order valence-electron chi connectivity index (χ0n) is 25.9. The molecule has 0 amide bonds. The van der Waals surface area contributed by atoms with Gasteiger partial charge in [-0.15, -0.1) is 0 Å². The average Bonchev–Trinajstić information content (AvgIpc) is 3.14. The van der Waals surface area contributed by atoms with Crippen LogP contribution in [-0.2, 0) is 15.1 Å². The van der Waals surface area contributed by atoms with Crippen molar-refractivity contribution in [2.75, 3.05) is 20.0 Å². The third-order valence-corrected chi connectivity index (χ3v) is 14.4. The second-order valence-electron chi connectivity index (χ2n) is 10.1. The van der Waals surface area contributed by atoms with E-state index in [0.717, 1.165) is 0 Å². The molecule has 0 N–H and O–H groups in total. The van der Waals surface area contributed by atoms with Crippen molar-refractivity contribution in [2.45, 2.75) is 0 Å². The van der Waals surface area contributed by atoms with E-state index in [1.807, 2.05) is 0 Å². The SMILES string of the molecule is C[PH+](c1ccccc1)c1ccccc1.C[PH+](c1ccccc1)c1ccccc1.C[PH+](c1ccccc1)c1ccccc1.[Cl][Ru][Cl]. The minimum absolute atomic E-state index is 0.346. The molecule has 6 rings (SSSR count). The van der Waals surface area contributed by atoms with Gasteiger partial charge < -0.3 is 0 Å². The zero-order valence-corrected chi connectivity index (χ0v) is 32.2. The summed E-state index contributed by atoms with van der Waals surface area (Å²) in [6.45, 7) is 7.03. The fraction of sp³-hybridized carbons (Fsp3) is 0.0769. The Hall–Kier alpha value is -2.19. The molecule has 0 aromatic heterocycles. The fourth-order valence-corrected chi connectivity index (χ4v) is 9.78. The summed E-state index contributed by atoms with van der Waals surface area (Å²) >= 11 is -0.346. The van der Waals surface area contributed by atoms with Gasteiger partial charge in [0, 0.05) is 0 Å². The molecule has 6 heteroatoms. The second-order valence-corrected chi connectivity index (χ2v) is 20.0. The first-order chi connectivity index (χ1) is 22.0. The van der Waals surface area contributed by atoms with Crippen LogP contribution in [0.1, 0.15) is 0 Å². The molecule has 0 aliphatic carbocycles. The van der Waals surface area contributed by atoms with Crippen LogP contribution in [0.15, 0.2) is 182 Å². The van der Waals surface area contributed by atoms with E-state index in [9.17, 15) is 0 Å². The molecule has 0 saturated heterocycles. The molecule has 0 aliphatic heterocycles. The molecular formula is C39H42Cl2P3Ru+3. The predicted molar refractivity (Wildman–Crippen MR) is 211 cm³/mol. The van der Waals surface area contributed by atoms with Crippen molar-refractivity contribution in [3.63, 3.8) is 0 Å². The Balaban J connectivity index is 0.000000176. The summed E-state index contributed by atoms with van der Waals surface area (Å²) < 4.78 is 0. The van der Waals surface area contributed by atoms with Gasteiger partial charge in [-0.05, 0) is 72.8 Å². The van der Waals surface area contributed by atoms with Gasteiger partial charge in [-0.3, -0.25) is 0 Å². The minimum atomic E-state index is -0.545. The van der Waals surface area contributed by atoms with E-state index in [1.165, 1.54) is 31.8 Å². The third kappa shape index (κ3) is 13.6. The van der Waals surface area contributed by atoms with Gasteiger partial charge in [0.2, 0.25) is 0 Å². The van der Waals surface area contributed by atoms with Crippen molar-refractivity contribution in [3.05, 3.63) is 182 Å². The Morgan fingerprint density at radius 1 is 0.289 bits per heavy atom.